The fraction of sp³-hybridized carbons (Fsp3) is 0.909. The van der Waals surface area contributed by atoms with Crippen molar-refractivity contribution in [1.29, 1.82) is 0 Å². The van der Waals surface area contributed by atoms with Crippen LogP contribution in [-0.2, 0) is 4.79 Å². The Kier molecular flexibility index (Phi) is 8.93. The van der Waals surface area contributed by atoms with Crippen molar-refractivity contribution in [3.8, 4) is 0 Å². The number of unbranched alkanes of at least 4 members (excludes halogenated alkanes) is 1. The summed E-state index contributed by atoms with van der Waals surface area (Å²) in [5.41, 5.74) is -0.162. The molecule has 5 nitrogen and oxygen atoms in total. The summed E-state index contributed by atoms with van der Waals surface area (Å²) < 4.78 is 0. The van der Waals surface area contributed by atoms with Crippen LogP contribution in [0.25, 0.3) is 0 Å². The van der Waals surface area contributed by atoms with Crippen LogP contribution in [0.15, 0.2) is 0 Å². The first-order chi connectivity index (χ1) is 14.1. The third kappa shape index (κ3) is 5.79. The summed E-state index contributed by atoms with van der Waals surface area (Å²) in [6, 6.07) is -0.0118. The van der Waals surface area contributed by atoms with Gasteiger partial charge in [0.1, 0.15) is 0 Å². The third-order valence-corrected chi connectivity index (χ3v) is 8.06. The average molecular weight is 441 g/mol. The van der Waals surface area contributed by atoms with Gasteiger partial charge in [0.15, 0.2) is 5.11 Å². The lowest BCUT2D eigenvalue weighted by atomic mass is 9.89. The molecule has 1 aliphatic carbocycles. The normalized spacial score (nSPS) is 25.0. The summed E-state index contributed by atoms with van der Waals surface area (Å²) in [6.45, 7) is 5.95. The molecule has 3 rings (SSSR count). The Balaban J connectivity index is 1.54. The summed E-state index contributed by atoms with van der Waals surface area (Å²) in [5, 5.41) is 8.22. The molecule has 29 heavy (non-hydrogen) atoms. The molecule has 7 heteroatoms. The lowest BCUT2D eigenvalue weighted by Crippen LogP contribution is -2.60. The monoisotopic (exact) mass is 440 g/mol. The Morgan fingerprint density at radius 1 is 1.28 bits per heavy atom. The number of thioether (sulfide) groups is 1. The van der Waals surface area contributed by atoms with Crippen molar-refractivity contribution >= 4 is 35.0 Å². The maximum atomic E-state index is 13.1. The molecular formula is C22H40N4OS2. The minimum atomic E-state index is -0.162. The van der Waals surface area contributed by atoms with Crippen LogP contribution in [0.1, 0.15) is 71.1 Å². The highest BCUT2D eigenvalue weighted by Gasteiger charge is 2.50. The molecule has 1 atom stereocenters. The van der Waals surface area contributed by atoms with Gasteiger partial charge in [0.05, 0.1) is 11.7 Å². The number of carbonyl (C=O) groups is 1. The number of rotatable bonds is 8. The molecule has 1 saturated carbocycles. The van der Waals surface area contributed by atoms with Crippen molar-refractivity contribution in [2.24, 2.45) is 5.92 Å². The van der Waals surface area contributed by atoms with Gasteiger partial charge >= 0.3 is 0 Å². The first-order valence-electron chi connectivity index (χ1n) is 11.7. The smallest absolute Gasteiger partial charge is 0.241 e. The van der Waals surface area contributed by atoms with Gasteiger partial charge in [-0.15, -0.1) is 0 Å². The van der Waals surface area contributed by atoms with Crippen LogP contribution < -0.4 is 10.6 Å². The second-order valence-corrected chi connectivity index (χ2v) is 10.4. The molecule has 1 unspecified atom stereocenters. The summed E-state index contributed by atoms with van der Waals surface area (Å²) in [6.07, 6.45) is 14.0. The van der Waals surface area contributed by atoms with E-state index in [0.29, 0.717) is 5.91 Å². The van der Waals surface area contributed by atoms with Crippen molar-refractivity contribution in [2.45, 2.75) is 82.8 Å². The Labute approximate surface area is 187 Å². The minimum Gasteiger partial charge on any atom is -0.362 e. The van der Waals surface area contributed by atoms with Crippen molar-refractivity contribution in [2.75, 3.05) is 38.2 Å². The van der Waals surface area contributed by atoms with Gasteiger partial charge in [0.2, 0.25) is 5.91 Å². The van der Waals surface area contributed by atoms with E-state index >= 15 is 0 Å². The molecule has 0 radical (unpaired) electrons. The topological polar surface area (TPSA) is 47.6 Å². The predicted octanol–water partition coefficient (Wildman–Crippen LogP) is 3.59. The standard InChI is InChI=1S/C22H40N4OS2/c1-3-4-13-26-20(27)19(10-16-29-2)24-22(26)11-14-25(15-12-22)21(28)23-17-18-8-6-5-7-9-18/h18-19,24H,3-17H2,1-2H3,(H,23,28). The molecule has 3 fully saturated rings. The van der Waals surface area contributed by atoms with E-state index in [0.717, 1.165) is 75.1 Å². The first-order valence-corrected chi connectivity index (χ1v) is 13.5. The maximum absolute atomic E-state index is 13.1. The van der Waals surface area contributed by atoms with E-state index in [-0.39, 0.29) is 11.7 Å². The third-order valence-electron chi connectivity index (χ3n) is 7.01. The van der Waals surface area contributed by atoms with Gasteiger partial charge in [-0.3, -0.25) is 10.1 Å². The van der Waals surface area contributed by atoms with Gasteiger partial charge < -0.3 is 15.1 Å². The van der Waals surface area contributed by atoms with Crippen LogP contribution in [0.3, 0.4) is 0 Å². The molecule has 3 aliphatic rings. The lowest BCUT2D eigenvalue weighted by Gasteiger charge is -2.45. The fourth-order valence-electron chi connectivity index (χ4n) is 5.16. The van der Waals surface area contributed by atoms with Crippen molar-refractivity contribution in [3.05, 3.63) is 0 Å². The number of hydrogen-bond donors (Lipinski definition) is 2. The zero-order valence-electron chi connectivity index (χ0n) is 18.4. The highest BCUT2D eigenvalue weighted by atomic mass is 32.2. The number of hydrogen-bond acceptors (Lipinski definition) is 4. The van der Waals surface area contributed by atoms with Gasteiger partial charge in [-0.1, -0.05) is 32.6 Å². The molecule has 0 bridgehead atoms. The summed E-state index contributed by atoms with van der Waals surface area (Å²) in [7, 11) is 0. The van der Waals surface area contributed by atoms with Crippen LogP contribution >= 0.6 is 24.0 Å². The van der Waals surface area contributed by atoms with Crippen LogP contribution in [0.4, 0.5) is 0 Å². The van der Waals surface area contributed by atoms with Crippen molar-refractivity contribution < 1.29 is 4.79 Å². The first kappa shape index (κ1) is 23.1. The van der Waals surface area contributed by atoms with Crippen LogP contribution in [0, 0.1) is 5.92 Å². The minimum absolute atomic E-state index is 0.0118. The molecule has 0 aromatic carbocycles. The average Bonchev–Trinajstić information content (AvgIpc) is 3.00. The molecule has 1 amide bonds. The number of thiocarbonyl (C=S) groups is 1. The van der Waals surface area contributed by atoms with Crippen LogP contribution in [0.2, 0.25) is 0 Å². The van der Waals surface area contributed by atoms with Gasteiger partial charge in [-0.25, -0.2) is 0 Å². The highest BCUT2D eigenvalue weighted by Crippen LogP contribution is 2.34. The number of carbonyl (C=O) groups excluding carboxylic acids is 1. The largest absolute Gasteiger partial charge is 0.362 e. The number of nitrogens with zero attached hydrogens (tertiary/aromatic N) is 2. The molecular weight excluding hydrogens is 400 g/mol. The summed E-state index contributed by atoms with van der Waals surface area (Å²) >= 11 is 7.54. The van der Waals surface area contributed by atoms with Crippen molar-refractivity contribution in [1.82, 2.24) is 20.4 Å². The highest BCUT2D eigenvalue weighted by molar-refractivity contribution is 7.98. The number of likely N-dealkylation sites (tertiary alicyclic amines) is 1. The molecule has 166 valence electrons. The van der Waals surface area contributed by atoms with Crippen LogP contribution in [-0.4, -0.2) is 70.7 Å². The Hall–Kier alpha value is -0.530. The summed E-state index contributed by atoms with van der Waals surface area (Å²) in [4.78, 5) is 17.6. The Morgan fingerprint density at radius 3 is 2.66 bits per heavy atom. The van der Waals surface area contributed by atoms with E-state index in [9.17, 15) is 4.79 Å². The van der Waals surface area contributed by atoms with E-state index in [1.165, 1.54) is 32.1 Å². The van der Waals surface area contributed by atoms with Gasteiger partial charge in [0.25, 0.3) is 0 Å². The second-order valence-electron chi connectivity index (χ2n) is 9.03. The number of piperidine rings is 1. The molecule has 1 spiro atoms. The van der Waals surface area contributed by atoms with E-state index < -0.39 is 0 Å². The van der Waals surface area contributed by atoms with E-state index in [2.05, 4.69) is 33.6 Å². The number of amides is 1. The van der Waals surface area contributed by atoms with Gasteiger partial charge in [-0.05, 0) is 55.8 Å². The summed E-state index contributed by atoms with van der Waals surface area (Å²) in [5.74, 6) is 2.13. The molecule has 2 saturated heterocycles. The number of nitrogens with one attached hydrogen (secondary N) is 2. The van der Waals surface area contributed by atoms with Gasteiger partial charge in [0, 0.05) is 39.0 Å². The molecule has 2 heterocycles. The predicted molar refractivity (Wildman–Crippen MR) is 127 cm³/mol. The maximum Gasteiger partial charge on any atom is 0.241 e. The van der Waals surface area contributed by atoms with Gasteiger partial charge in [-0.2, -0.15) is 11.8 Å². The molecule has 0 aromatic heterocycles. The SMILES string of the molecule is CCCCN1C(=O)C(CCSC)NC12CCN(C(=S)NCC1CCCCC1)CC2. The van der Waals surface area contributed by atoms with E-state index in [4.69, 9.17) is 12.2 Å². The van der Waals surface area contributed by atoms with E-state index in [1.54, 1.807) is 0 Å². The quantitative estimate of drug-likeness (QED) is 0.563. The zero-order chi connectivity index (χ0) is 20.7. The Bertz CT molecular complexity index is 545. The lowest BCUT2D eigenvalue weighted by molar-refractivity contribution is -0.133. The fourth-order valence-corrected chi connectivity index (χ4v) is 5.90. The van der Waals surface area contributed by atoms with E-state index in [1.807, 2.05) is 11.8 Å². The Morgan fingerprint density at radius 2 is 2.00 bits per heavy atom. The zero-order valence-corrected chi connectivity index (χ0v) is 20.0. The van der Waals surface area contributed by atoms with Crippen LogP contribution in [0.5, 0.6) is 0 Å². The molecule has 0 aromatic rings. The van der Waals surface area contributed by atoms with Crippen molar-refractivity contribution in [3.63, 3.8) is 0 Å². The molecule has 2 N–H and O–H groups in total. The molecule has 2 aliphatic heterocycles. The second kappa shape index (κ2) is 11.2.